The quantitative estimate of drug-likeness (QED) is 0.480. The van der Waals surface area contributed by atoms with Crippen LogP contribution in [0.3, 0.4) is 0 Å². The molecule has 1 heterocycles. The van der Waals surface area contributed by atoms with Gasteiger partial charge in [-0.05, 0) is 6.42 Å². The number of carbonyl (C=O) groups is 2. The maximum absolute atomic E-state index is 11.2. The van der Waals surface area contributed by atoms with Crippen molar-refractivity contribution in [2.24, 2.45) is 5.10 Å². The third-order valence-electron chi connectivity index (χ3n) is 1.93. The maximum atomic E-state index is 11.2. The fourth-order valence-electron chi connectivity index (χ4n) is 1.18. The van der Waals surface area contributed by atoms with Crippen LogP contribution in [-0.2, 0) is 9.59 Å². The number of Topliss-reactive ketones (excluding diaryl/α,β-unsaturated/α-hetero) is 1. The van der Waals surface area contributed by atoms with Crippen LogP contribution in [0.4, 0.5) is 0 Å². The van der Waals surface area contributed by atoms with Crippen LogP contribution in [0.5, 0.6) is 0 Å². The van der Waals surface area contributed by atoms with E-state index in [-0.39, 0.29) is 18.1 Å². The molecule has 0 aromatic heterocycles. The second kappa shape index (κ2) is 4.74. The number of hydrogen-bond donors (Lipinski definition) is 0. The summed E-state index contributed by atoms with van der Waals surface area (Å²) in [5.41, 5.74) is 0. The van der Waals surface area contributed by atoms with Crippen molar-refractivity contribution in [3.8, 4) is 0 Å². The van der Waals surface area contributed by atoms with Crippen LogP contribution >= 0.6 is 0 Å². The van der Waals surface area contributed by atoms with E-state index in [1.807, 2.05) is 0 Å². The molecule has 0 fully saturated rings. The van der Waals surface area contributed by atoms with Gasteiger partial charge in [-0.1, -0.05) is 19.8 Å². The van der Waals surface area contributed by atoms with Gasteiger partial charge in [0.05, 0.1) is 12.6 Å². The Morgan fingerprint density at radius 2 is 2.23 bits per heavy atom. The van der Waals surface area contributed by atoms with Gasteiger partial charge >= 0.3 is 0 Å². The highest BCUT2D eigenvalue weighted by Crippen LogP contribution is 2.04. The number of nitrogens with zero attached hydrogens (tertiary/aromatic N) is 2. The first kappa shape index (κ1) is 9.89. The highest BCUT2D eigenvalue weighted by atomic mass is 16.2. The monoisotopic (exact) mass is 182 g/mol. The largest absolute Gasteiger partial charge is 0.292 e. The Labute approximate surface area is 77.6 Å². The molecule has 0 aromatic carbocycles. The zero-order valence-electron chi connectivity index (χ0n) is 7.82. The fourth-order valence-corrected chi connectivity index (χ4v) is 1.18. The minimum Gasteiger partial charge on any atom is -0.292 e. The van der Waals surface area contributed by atoms with Gasteiger partial charge in [0.2, 0.25) is 0 Å². The second-order valence-corrected chi connectivity index (χ2v) is 3.11. The number of ketones is 1. The Balaban J connectivity index is 2.37. The third kappa shape index (κ3) is 2.97. The average Bonchev–Trinajstić information content (AvgIpc) is 2.09. The average molecular weight is 182 g/mol. The minimum atomic E-state index is -0.197. The van der Waals surface area contributed by atoms with Gasteiger partial charge in [-0.2, -0.15) is 5.10 Å². The minimum absolute atomic E-state index is 0.0182. The normalized spacial score (nSPS) is 16.8. The van der Waals surface area contributed by atoms with Crippen LogP contribution < -0.4 is 0 Å². The van der Waals surface area contributed by atoms with Crippen molar-refractivity contribution in [3.05, 3.63) is 0 Å². The molecule has 0 spiro atoms. The number of hydrazone groups is 1. The first-order valence-electron chi connectivity index (χ1n) is 4.61. The van der Waals surface area contributed by atoms with Crippen molar-refractivity contribution in [3.63, 3.8) is 0 Å². The van der Waals surface area contributed by atoms with Crippen LogP contribution in [0, 0.1) is 0 Å². The SMILES string of the molecule is CCCCCN1N=CC(=O)CC1=O. The zero-order valence-corrected chi connectivity index (χ0v) is 7.82. The van der Waals surface area contributed by atoms with Gasteiger partial charge in [0, 0.05) is 6.54 Å². The molecule has 1 rings (SSSR count). The van der Waals surface area contributed by atoms with Gasteiger partial charge in [0.25, 0.3) is 5.91 Å². The highest BCUT2D eigenvalue weighted by Gasteiger charge is 2.19. The van der Waals surface area contributed by atoms with E-state index >= 15 is 0 Å². The summed E-state index contributed by atoms with van der Waals surface area (Å²) in [4.78, 5) is 21.9. The lowest BCUT2D eigenvalue weighted by atomic mass is 10.2. The van der Waals surface area contributed by atoms with Gasteiger partial charge in [-0.3, -0.25) is 9.59 Å². The summed E-state index contributed by atoms with van der Waals surface area (Å²) in [5, 5.41) is 5.16. The Morgan fingerprint density at radius 3 is 2.85 bits per heavy atom. The first-order valence-corrected chi connectivity index (χ1v) is 4.61. The lowest BCUT2D eigenvalue weighted by molar-refractivity contribution is -0.135. The lowest BCUT2D eigenvalue weighted by Gasteiger charge is -2.18. The van der Waals surface area contributed by atoms with Gasteiger partial charge in [-0.25, -0.2) is 5.01 Å². The van der Waals surface area contributed by atoms with Crippen LogP contribution in [0.2, 0.25) is 0 Å². The molecule has 0 saturated heterocycles. The van der Waals surface area contributed by atoms with Crippen molar-refractivity contribution in [2.75, 3.05) is 6.54 Å². The molecule has 0 atom stereocenters. The Hall–Kier alpha value is -1.19. The Morgan fingerprint density at radius 1 is 1.46 bits per heavy atom. The van der Waals surface area contributed by atoms with Crippen molar-refractivity contribution < 1.29 is 9.59 Å². The number of amides is 1. The van der Waals surface area contributed by atoms with E-state index in [1.54, 1.807) is 0 Å². The van der Waals surface area contributed by atoms with Gasteiger partial charge in [0.15, 0.2) is 5.78 Å². The maximum Gasteiger partial charge on any atom is 0.250 e. The molecule has 72 valence electrons. The number of unbranched alkanes of at least 4 members (excludes halogenated alkanes) is 2. The summed E-state index contributed by atoms with van der Waals surface area (Å²) in [6.07, 6.45) is 4.37. The van der Waals surface area contributed by atoms with Gasteiger partial charge in [-0.15, -0.1) is 0 Å². The van der Waals surface area contributed by atoms with Crippen LogP contribution in [-0.4, -0.2) is 29.5 Å². The lowest BCUT2D eigenvalue weighted by Crippen LogP contribution is -2.33. The fraction of sp³-hybridized carbons (Fsp3) is 0.667. The van der Waals surface area contributed by atoms with Crippen LogP contribution in [0.1, 0.15) is 32.6 Å². The Kier molecular flexibility index (Phi) is 3.61. The molecular formula is C9H14N2O2. The second-order valence-electron chi connectivity index (χ2n) is 3.11. The van der Waals surface area contributed by atoms with Crippen molar-refractivity contribution >= 4 is 17.9 Å². The third-order valence-corrected chi connectivity index (χ3v) is 1.93. The number of carbonyl (C=O) groups excluding carboxylic acids is 2. The topological polar surface area (TPSA) is 49.7 Å². The summed E-state index contributed by atoms with van der Waals surface area (Å²) in [6.45, 7) is 2.74. The van der Waals surface area contributed by atoms with Crippen molar-refractivity contribution in [1.82, 2.24) is 5.01 Å². The van der Waals surface area contributed by atoms with Crippen LogP contribution in [0.25, 0.3) is 0 Å². The molecule has 0 N–H and O–H groups in total. The van der Waals surface area contributed by atoms with Gasteiger partial charge < -0.3 is 0 Å². The molecule has 0 unspecified atom stereocenters. The summed E-state index contributed by atoms with van der Waals surface area (Å²) in [7, 11) is 0. The van der Waals surface area contributed by atoms with Crippen molar-refractivity contribution in [2.45, 2.75) is 32.6 Å². The first-order chi connectivity index (χ1) is 6.24. The number of hydrogen-bond acceptors (Lipinski definition) is 3. The predicted molar refractivity (Wildman–Crippen MR) is 49.4 cm³/mol. The van der Waals surface area contributed by atoms with Gasteiger partial charge in [0.1, 0.15) is 0 Å². The summed E-state index contributed by atoms with van der Waals surface area (Å²) < 4.78 is 0. The molecule has 1 aliphatic rings. The van der Waals surface area contributed by atoms with E-state index in [9.17, 15) is 9.59 Å². The standard InChI is InChI=1S/C9H14N2O2/c1-2-3-4-5-11-9(13)6-8(12)7-10-11/h7H,2-6H2,1H3. The van der Waals surface area contributed by atoms with Crippen LogP contribution in [0.15, 0.2) is 5.10 Å². The summed E-state index contributed by atoms with van der Waals surface area (Å²) in [5.74, 6) is -0.375. The zero-order chi connectivity index (χ0) is 9.68. The molecule has 4 nitrogen and oxygen atoms in total. The molecule has 1 aliphatic heterocycles. The molecule has 0 saturated carbocycles. The van der Waals surface area contributed by atoms with E-state index < -0.39 is 0 Å². The smallest absolute Gasteiger partial charge is 0.250 e. The molecule has 13 heavy (non-hydrogen) atoms. The number of rotatable bonds is 4. The molecule has 0 aliphatic carbocycles. The van der Waals surface area contributed by atoms with E-state index in [4.69, 9.17) is 0 Å². The molecule has 1 amide bonds. The molecule has 0 bridgehead atoms. The van der Waals surface area contributed by atoms with Crippen molar-refractivity contribution in [1.29, 1.82) is 0 Å². The summed E-state index contributed by atoms with van der Waals surface area (Å²) >= 11 is 0. The van der Waals surface area contributed by atoms with E-state index in [0.29, 0.717) is 6.54 Å². The molecule has 0 aromatic rings. The van der Waals surface area contributed by atoms with E-state index in [0.717, 1.165) is 19.3 Å². The molecule has 4 heteroatoms. The van der Waals surface area contributed by atoms with E-state index in [2.05, 4.69) is 12.0 Å². The Bertz CT molecular complexity index is 236. The highest BCUT2D eigenvalue weighted by molar-refractivity contribution is 6.32. The predicted octanol–water partition coefficient (Wildman–Crippen LogP) is 0.964. The summed E-state index contributed by atoms with van der Waals surface area (Å²) in [6, 6.07) is 0. The van der Waals surface area contributed by atoms with E-state index in [1.165, 1.54) is 11.2 Å². The molecular weight excluding hydrogens is 168 g/mol. The molecule has 0 radical (unpaired) electrons.